The maximum Gasteiger partial charge on any atom is 0.225 e. The van der Waals surface area contributed by atoms with E-state index in [2.05, 4.69) is 20.2 Å². The minimum absolute atomic E-state index is 0.148. The second kappa shape index (κ2) is 4.38. The largest absolute Gasteiger partial charge is 0.356 e. The van der Waals surface area contributed by atoms with E-state index in [1.54, 1.807) is 6.07 Å². The Balaban J connectivity index is 1.84. The van der Waals surface area contributed by atoms with E-state index in [0.29, 0.717) is 11.1 Å². The zero-order chi connectivity index (χ0) is 12.6. The molecule has 2 aliphatic rings. The summed E-state index contributed by atoms with van der Waals surface area (Å²) in [4.78, 5) is 10.3. The van der Waals surface area contributed by atoms with Crippen LogP contribution in [0.3, 0.4) is 0 Å². The maximum absolute atomic E-state index is 8.91. The highest BCUT2D eigenvalue weighted by molar-refractivity contribution is 6.28. The standard InChI is InChI=1S/C12H14ClN5/c13-11-16-9(6-14)5-10(17-11)18-4-2-12(8-18)1-3-15-7-12/h5,15H,1-4,7-8H2. The molecule has 3 heterocycles. The Hall–Kier alpha value is -1.38. The van der Waals surface area contributed by atoms with Crippen molar-refractivity contribution in [2.75, 3.05) is 31.1 Å². The number of nitriles is 1. The molecule has 2 aliphatic heterocycles. The van der Waals surface area contributed by atoms with Crippen LogP contribution in [-0.2, 0) is 0 Å². The molecule has 1 atom stereocenters. The fraction of sp³-hybridized carbons (Fsp3) is 0.583. The predicted molar refractivity (Wildman–Crippen MR) is 68.5 cm³/mol. The highest BCUT2D eigenvalue weighted by Crippen LogP contribution is 2.37. The van der Waals surface area contributed by atoms with Crippen LogP contribution in [0.25, 0.3) is 0 Å². The molecule has 0 amide bonds. The number of nitrogens with one attached hydrogen (secondary N) is 1. The van der Waals surface area contributed by atoms with Crippen LogP contribution in [0.5, 0.6) is 0 Å². The number of hydrogen-bond donors (Lipinski definition) is 1. The van der Waals surface area contributed by atoms with Crippen molar-refractivity contribution >= 4 is 17.4 Å². The number of aromatic nitrogens is 2. The van der Waals surface area contributed by atoms with E-state index in [1.807, 2.05) is 6.07 Å². The Bertz CT molecular complexity index is 504. The van der Waals surface area contributed by atoms with Crippen LogP contribution in [-0.4, -0.2) is 36.1 Å². The third kappa shape index (κ3) is 2.02. The number of nitrogens with zero attached hydrogens (tertiary/aromatic N) is 4. The van der Waals surface area contributed by atoms with Crippen molar-refractivity contribution in [1.29, 1.82) is 5.26 Å². The average Bonchev–Trinajstić information content (AvgIpc) is 3.00. The lowest BCUT2D eigenvalue weighted by molar-refractivity contribution is 0.369. The fourth-order valence-corrected chi connectivity index (χ4v) is 3.08. The van der Waals surface area contributed by atoms with Gasteiger partial charge in [-0.25, -0.2) is 9.97 Å². The summed E-state index contributed by atoms with van der Waals surface area (Å²) >= 11 is 5.85. The van der Waals surface area contributed by atoms with Crippen LogP contribution >= 0.6 is 11.6 Å². The molecule has 5 nitrogen and oxygen atoms in total. The molecule has 0 bridgehead atoms. The van der Waals surface area contributed by atoms with Gasteiger partial charge in [-0.15, -0.1) is 0 Å². The average molecular weight is 264 g/mol. The van der Waals surface area contributed by atoms with Gasteiger partial charge in [0.25, 0.3) is 0 Å². The second-order valence-corrected chi connectivity index (χ2v) is 5.43. The Kier molecular flexibility index (Phi) is 2.84. The molecule has 18 heavy (non-hydrogen) atoms. The minimum atomic E-state index is 0.148. The van der Waals surface area contributed by atoms with E-state index in [1.165, 1.54) is 12.8 Å². The molecule has 2 fully saturated rings. The normalized spacial score (nSPS) is 26.8. The van der Waals surface area contributed by atoms with Crippen LogP contribution in [0.2, 0.25) is 5.28 Å². The van der Waals surface area contributed by atoms with Crippen LogP contribution in [0.1, 0.15) is 18.5 Å². The first kappa shape index (κ1) is 11.7. The van der Waals surface area contributed by atoms with Crippen LogP contribution in [0.15, 0.2) is 6.07 Å². The molecule has 1 unspecified atom stereocenters. The van der Waals surface area contributed by atoms with Gasteiger partial charge in [0.2, 0.25) is 5.28 Å². The van der Waals surface area contributed by atoms with E-state index in [4.69, 9.17) is 16.9 Å². The molecule has 1 spiro atoms. The maximum atomic E-state index is 8.91. The van der Waals surface area contributed by atoms with Gasteiger partial charge in [-0.3, -0.25) is 0 Å². The number of hydrogen-bond acceptors (Lipinski definition) is 5. The van der Waals surface area contributed by atoms with Gasteiger partial charge in [0.1, 0.15) is 17.6 Å². The first-order valence-corrected chi connectivity index (χ1v) is 6.49. The van der Waals surface area contributed by atoms with Gasteiger partial charge in [-0.2, -0.15) is 5.26 Å². The van der Waals surface area contributed by atoms with Gasteiger partial charge in [-0.1, -0.05) is 0 Å². The Morgan fingerprint density at radius 2 is 2.33 bits per heavy atom. The Labute approximate surface area is 111 Å². The van der Waals surface area contributed by atoms with Gasteiger partial charge in [0.05, 0.1) is 0 Å². The lowest BCUT2D eigenvalue weighted by Gasteiger charge is -2.23. The topological polar surface area (TPSA) is 64.8 Å². The van der Waals surface area contributed by atoms with Crippen molar-refractivity contribution in [3.63, 3.8) is 0 Å². The Morgan fingerprint density at radius 1 is 1.44 bits per heavy atom. The SMILES string of the molecule is N#Cc1cc(N2CCC3(CCNC3)C2)nc(Cl)n1. The van der Waals surface area contributed by atoms with E-state index in [-0.39, 0.29) is 5.28 Å². The van der Waals surface area contributed by atoms with Crippen LogP contribution in [0.4, 0.5) is 5.82 Å². The first-order valence-electron chi connectivity index (χ1n) is 6.11. The van der Waals surface area contributed by atoms with Crippen LogP contribution < -0.4 is 10.2 Å². The molecule has 0 aromatic carbocycles. The van der Waals surface area contributed by atoms with Gasteiger partial charge in [-0.05, 0) is 31.0 Å². The number of halogens is 1. The summed E-state index contributed by atoms with van der Waals surface area (Å²) in [6, 6.07) is 3.73. The molecule has 1 aromatic rings. The van der Waals surface area contributed by atoms with Crippen molar-refractivity contribution in [2.45, 2.75) is 12.8 Å². The summed E-state index contributed by atoms with van der Waals surface area (Å²) in [7, 11) is 0. The quantitative estimate of drug-likeness (QED) is 0.771. The zero-order valence-electron chi connectivity index (χ0n) is 9.99. The number of rotatable bonds is 1. The van der Waals surface area contributed by atoms with Gasteiger partial charge in [0, 0.05) is 31.1 Å². The van der Waals surface area contributed by atoms with Crippen molar-refractivity contribution in [1.82, 2.24) is 15.3 Å². The minimum Gasteiger partial charge on any atom is -0.356 e. The molecule has 94 valence electrons. The first-order chi connectivity index (χ1) is 8.71. The van der Waals surface area contributed by atoms with Crippen molar-refractivity contribution in [3.8, 4) is 6.07 Å². The molecular weight excluding hydrogens is 250 g/mol. The molecule has 3 rings (SSSR count). The second-order valence-electron chi connectivity index (χ2n) is 5.09. The third-order valence-corrected chi connectivity index (χ3v) is 4.06. The highest BCUT2D eigenvalue weighted by Gasteiger charge is 2.40. The van der Waals surface area contributed by atoms with Crippen molar-refractivity contribution < 1.29 is 0 Å². The third-order valence-electron chi connectivity index (χ3n) is 3.89. The smallest absolute Gasteiger partial charge is 0.225 e. The molecule has 1 N–H and O–H groups in total. The van der Waals surface area contributed by atoms with Gasteiger partial charge >= 0.3 is 0 Å². The molecular formula is C12H14ClN5. The summed E-state index contributed by atoms with van der Waals surface area (Å²) in [5.41, 5.74) is 0.708. The zero-order valence-corrected chi connectivity index (χ0v) is 10.7. The summed E-state index contributed by atoms with van der Waals surface area (Å²) in [6.45, 7) is 4.13. The highest BCUT2D eigenvalue weighted by atomic mass is 35.5. The van der Waals surface area contributed by atoms with E-state index in [9.17, 15) is 0 Å². The lowest BCUT2D eigenvalue weighted by atomic mass is 9.87. The molecule has 1 aromatic heterocycles. The van der Waals surface area contributed by atoms with Gasteiger partial charge < -0.3 is 10.2 Å². The Morgan fingerprint density at radius 3 is 3.06 bits per heavy atom. The summed E-state index contributed by atoms with van der Waals surface area (Å²) in [5.74, 6) is 0.773. The van der Waals surface area contributed by atoms with Crippen LogP contribution in [0, 0.1) is 16.7 Å². The van der Waals surface area contributed by atoms with Gasteiger partial charge in [0.15, 0.2) is 0 Å². The van der Waals surface area contributed by atoms with E-state index >= 15 is 0 Å². The molecule has 2 saturated heterocycles. The van der Waals surface area contributed by atoms with Crippen molar-refractivity contribution in [2.24, 2.45) is 5.41 Å². The summed E-state index contributed by atoms with van der Waals surface area (Å²) < 4.78 is 0. The molecule has 0 aliphatic carbocycles. The van der Waals surface area contributed by atoms with E-state index in [0.717, 1.165) is 32.0 Å². The number of anilines is 1. The van der Waals surface area contributed by atoms with E-state index < -0.39 is 0 Å². The molecule has 0 radical (unpaired) electrons. The molecule has 6 heteroatoms. The monoisotopic (exact) mass is 263 g/mol. The lowest BCUT2D eigenvalue weighted by Crippen LogP contribution is -2.29. The fourth-order valence-electron chi connectivity index (χ4n) is 2.90. The predicted octanol–water partition coefficient (Wildman–Crippen LogP) is 1.19. The summed E-state index contributed by atoms with van der Waals surface area (Å²) in [6.07, 6.45) is 2.39. The molecule has 0 saturated carbocycles. The summed E-state index contributed by atoms with van der Waals surface area (Å²) in [5, 5.41) is 12.5. The van der Waals surface area contributed by atoms with Crippen molar-refractivity contribution in [3.05, 3.63) is 17.0 Å².